The Morgan fingerprint density at radius 1 is 1.30 bits per heavy atom. The van der Waals surface area contributed by atoms with Crippen molar-refractivity contribution >= 4 is 23.0 Å². The highest BCUT2D eigenvalue weighted by Crippen LogP contribution is 2.12. The Kier molecular flexibility index (Phi) is 6.97. The van der Waals surface area contributed by atoms with Crippen molar-refractivity contribution in [1.29, 1.82) is 0 Å². The number of rotatable bonds is 6. The zero-order valence-corrected chi connectivity index (χ0v) is 12.7. The van der Waals surface area contributed by atoms with Crippen molar-refractivity contribution in [2.75, 3.05) is 6.54 Å². The van der Waals surface area contributed by atoms with E-state index in [2.05, 4.69) is 4.98 Å². The zero-order chi connectivity index (χ0) is 13.5. The van der Waals surface area contributed by atoms with Gasteiger partial charge in [-0.05, 0) is 18.5 Å². The van der Waals surface area contributed by atoms with Crippen LogP contribution in [0.15, 0.2) is 41.1 Å². The van der Waals surface area contributed by atoms with E-state index in [0.717, 1.165) is 12.0 Å². The number of aromatic nitrogens is 1. The highest BCUT2D eigenvalue weighted by molar-refractivity contribution is 8.93. The molecule has 0 radical (unpaired) electrons. The number of ether oxygens (including phenoxy) is 1. The second kappa shape index (κ2) is 8.50. The Morgan fingerprint density at radius 3 is 2.75 bits per heavy atom. The van der Waals surface area contributed by atoms with E-state index >= 15 is 0 Å². The van der Waals surface area contributed by atoms with Gasteiger partial charge in [0, 0.05) is 6.42 Å². The number of nitrogens with two attached hydrogens (primary N) is 1. The summed E-state index contributed by atoms with van der Waals surface area (Å²) in [5.41, 5.74) is 6.60. The number of hydrogen-bond acceptors (Lipinski definition) is 5. The molecule has 0 aliphatic carbocycles. The van der Waals surface area contributed by atoms with Crippen LogP contribution in [-0.4, -0.2) is 17.5 Å². The SMILES string of the molecule is Br.NCCCc1ocnc1C(=O)OCc1ccccc1. The first-order chi connectivity index (χ1) is 9.31. The maximum atomic E-state index is 11.9. The summed E-state index contributed by atoms with van der Waals surface area (Å²) in [6.45, 7) is 0.766. The largest absolute Gasteiger partial charge is 0.456 e. The van der Waals surface area contributed by atoms with Crippen LogP contribution in [0.3, 0.4) is 0 Å². The average Bonchev–Trinajstić information content (AvgIpc) is 2.92. The van der Waals surface area contributed by atoms with Crippen LogP contribution >= 0.6 is 17.0 Å². The Hall–Kier alpha value is -1.66. The van der Waals surface area contributed by atoms with Crippen LogP contribution in [-0.2, 0) is 17.8 Å². The Morgan fingerprint density at radius 2 is 2.05 bits per heavy atom. The second-order valence-corrected chi connectivity index (χ2v) is 4.08. The van der Waals surface area contributed by atoms with Crippen LogP contribution in [0.1, 0.15) is 28.2 Å². The molecular formula is C14H17BrN2O3. The third-order valence-electron chi connectivity index (χ3n) is 2.65. The first-order valence-electron chi connectivity index (χ1n) is 6.14. The predicted octanol–water partition coefficient (Wildman–Crippen LogP) is 2.50. The molecule has 0 saturated heterocycles. The van der Waals surface area contributed by atoms with Crippen LogP contribution < -0.4 is 5.73 Å². The maximum absolute atomic E-state index is 11.9. The molecule has 108 valence electrons. The topological polar surface area (TPSA) is 78.4 Å². The molecule has 2 rings (SSSR count). The smallest absolute Gasteiger partial charge is 0.360 e. The molecule has 0 aliphatic rings. The lowest BCUT2D eigenvalue weighted by atomic mass is 10.2. The van der Waals surface area contributed by atoms with Gasteiger partial charge in [-0.2, -0.15) is 0 Å². The Labute approximate surface area is 127 Å². The molecule has 0 atom stereocenters. The summed E-state index contributed by atoms with van der Waals surface area (Å²) in [6.07, 6.45) is 2.59. The number of oxazole rings is 1. The Balaban J connectivity index is 0.00000200. The van der Waals surface area contributed by atoms with Crippen molar-refractivity contribution < 1.29 is 13.9 Å². The van der Waals surface area contributed by atoms with E-state index in [1.807, 2.05) is 30.3 Å². The van der Waals surface area contributed by atoms with E-state index in [1.165, 1.54) is 6.39 Å². The highest BCUT2D eigenvalue weighted by Gasteiger charge is 2.17. The monoisotopic (exact) mass is 340 g/mol. The number of hydrogen-bond donors (Lipinski definition) is 1. The zero-order valence-electron chi connectivity index (χ0n) is 11.0. The van der Waals surface area contributed by atoms with Gasteiger partial charge in [-0.15, -0.1) is 17.0 Å². The number of carbonyl (C=O) groups is 1. The van der Waals surface area contributed by atoms with Crippen molar-refractivity contribution in [2.24, 2.45) is 5.73 Å². The third kappa shape index (κ3) is 4.47. The van der Waals surface area contributed by atoms with Gasteiger partial charge in [0.2, 0.25) is 0 Å². The fourth-order valence-corrected chi connectivity index (χ4v) is 1.67. The highest BCUT2D eigenvalue weighted by atomic mass is 79.9. The van der Waals surface area contributed by atoms with Gasteiger partial charge >= 0.3 is 5.97 Å². The van der Waals surface area contributed by atoms with Gasteiger partial charge < -0.3 is 14.9 Å². The summed E-state index contributed by atoms with van der Waals surface area (Å²) >= 11 is 0. The number of halogens is 1. The Bertz CT molecular complexity index is 528. The minimum atomic E-state index is -0.468. The van der Waals surface area contributed by atoms with Crippen molar-refractivity contribution in [2.45, 2.75) is 19.4 Å². The summed E-state index contributed by atoms with van der Waals surface area (Å²) < 4.78 is 10.4. The maximum Gasteiger partial charge on any atom is 0.360 e. The average molecular weight is 341 g/mol. The predicted molar refractivity (Wildman–Crippen MR) is 79.8 cm³/mol. The molecule has 0 unspecified atom stereocenters. The fourth-order valence-electron chi connectivity index (χ4n) is 1.67. The van der Waals surface area contributed by atoms with E-state index in [0.29, 0.717) is 18.7 Å². The molecule has 0 saturated carbocycles. The molecule has 1 aromatic carbocycles. The van der Waals surface area contributed by atoms with E-state index in [-0.39, 0.29) is 29.3 Å². The van der Waals surface area contributed by atoms with E-state index in [1.54, 1.807) is 0 Å². The number of benzene rings is 1. The molecule has 0 bridgehead atoms. The number of esters is 1. The van der Waals surface area contributed by atoms with Gasteiger partial charge in [0.15, 0.2) is 12.1 Å². The van der Waals surface area contributed by atoms with Gasteiger partial charge in [-0.1, -0.05) is 30.3 Å². The van der Waals surface area contributed by atoms with Gasteiger partial charge in [-0.3, -0.25) is 0 Å². The van der Waals surface area contributed by atoms with E-state index in [4.69, 9.17) is 14.9 Å². The number of carbonyl (C=O) groups excluding carboxylic acids is 1. The molecule has 0 amide bonds. The van der Waals surface area contributed by atoms with Crippen molar-refractivity contribution in [3.05, 3.63) is 53.7 Å². The first kappa shape index (κ1) is 16.4. The fraction of sp³-hybridized carbons (Fsp3) is 0.286. The summed E-state index contributed by atoms with van der Waals surface area (Å²) in [4.78, 5) is 15.8. The van der Waals surface area contributed by atoms with E-state index < -0.39 is 5.97 Å². The van der Waals surface area contributed by atoms with Gasteiger partial charge in [0.05, 0.1) is 0 Å². The molecule has 2 N–H and O–H groups in total. The molecule has 0 spiro atoms. The molecule has 2 aromatic rings. The van der Waals surface area contributed by atoms with Crippen molar-refractivity contribution in [3.63, 3.8) is 0 Å². The normalized spacial score (nSPS) is 9.85. The van der Waals surface area contributed by atoms with Crippen LogP contribution in [0, 0.1) is 0 Å². The molecule has 0 fully saturated rings. The minimum absolute atomic E-state index is 0. The molecular weight excluding hydrogens is 324 g/mol. The number of nitrogens with zero attached hydrogens (tertiary/aromatic N) is 1. The first-order valence-corrected chi connectivity index (χ1v) is 6.14. The summed E-state index contributed by atoms with van der Waals surface area (Å²) in [7, 11) is 0. The molecule has 20 heavy (non-hydrogen) atoms. The lowest BCUT2D eigenvalue weighted by molar-refractivity contribution is 0.0464. The van der Waals surface area contributed by atoms with Crippen LogP contribution in [0.4, 0.5) is 0 Å². The van der Waals surface area contributed by atoms with Crippen LogP contribution in [0.25, 0.3) is 0 Å². The molecule has 1 aromatic heterocycles. The van der Waals surface area contributed by atoms with Gasteiger partial charge in [0.1, 0.15) is 12.4 Å². The van der Waals surface area contributed by atoms with Crippen LogP contribution in [0.2, 0.25) is 0 Å². The lowest BCUT2D eigenvalue weighted by Crippen LogP contribution is -2.09. The molecule has 1 heterocycles. The number of aryl methyl sites for hydroxylation is 1. The second-order valence-electron chi connectivity index (χ2n) is 4.08. The molecule has 6 heteroatoms. The summed E-state index contributed by atoms with van der Waals surface area (Å²) in [5, 5.41) is 0. The quantitative estimate of drug-likeness (QED) is 0.817. The molecule has 0 aliphatic heterocycles. The molecule has 5 nitrogen and oxygen atoms in total. The van der Waals surface area contributed by atoms with Gasteiger partial charge in [0.25, 0.3) is 0 Å². The van der Waals surface area contributed by atoms with Crippen molar-refractivity contribution in [1.82, 2.24) is 4.98 Å². The standard InChI is InChI=1S/C14H16N2O3.BrH/c15-8-4-7-12-13(16-10-19-12)14(17)18-9-11-5-2-1-3-6-11;/h1-3,5-6,10H,4,7-9,15H2;1H. The minimum Gasteiger partial charge on any atom is -0.456 e. The van der Waals surface area contributed by atoms with E-state index in [9.17, 15) is 4.79 Å². The third-order valence-corrected chi connectivity index (χ3v) is 2.65. The van der Waals surface area contributed by atoms with Gasteiger partial charge in [-0.25, -0.2) is 9.78 Å². The lowest BCUT2D eigenvalue weighted by Gasteiger charge is -2.04. The van der Waals surface area contributed by atoms with Crippen molar-refractivity contribution in [3.8, 4) is 0 Å². The summed E-state index contributed by atoms with van der Waals surface area (Å²) in [5.74, 6) is 0.0631. The van der Waals surface area contributed by atoms with Crippen LogP contribution in [0.5, 0.6) is 0 Å². The summed E-state index contributed by atoms with van der Waals surface area (Å²) in [6, 6.07) is 9.49.